The van der Waals surface area contributed by atoms with Crippen molar-refractivity contribution in [3.05, 3.63) is 50.6 Å². The lowest BCUT2D eigenvalue weighted by Crippen LogP contribution is -2.05. The predicted molar refractivity (Wildman–Crippen MR) is 80.4 cm³/mol. The minimum absolute atomic E-state index is 0.713. The van der Waals surface area contributed by atoms with E-state index in [4.69, 9.17) is 4.74 Å². The second-order valence-electron chi connectivity index (χ2n) is 3.97. The second-order valence-corrected chi connectivity index (χ2v) is 5.86. The summed E-state index contributed by atoms with van der Waals surface area (Å²) in [4.78, 5) is 1.36. The van der Waals surface area contributed by atoms with Gasteiger partial charge in [0.2, 0.25) is 0 Å². The summed E-state index contributed by atoms with van der Waals surface area (Å²) < 4.78 is 6.80. The summed E-state index contributed by atoms with van der Waals surface area (Å²) in [6.45, 7) is 1.58. The molecule has 2 aromatic rings. The van der Waals surface area contributed by atoms with E-state index in [1.807, 2.05) is 13.1 Å². The molecule has 0 saturated carbocycles. The van der Waals surface area contributed by atoms with Crippen LogP contribution in [-0.2, 0) is 13.0 Å². The first kappa shape index (κ1) is 13.6. The molecule has 1 N–H and O–H groups in total. The molecule has 0 bridgehead atoms. The fraction of sp³-hybridized carbons (Fsp3) is 0.286. The lowest BCUT2D eigenvalue weighted by atomic mass is 10.2. The van der Waals surface area contributed by atoms with Crippen LogP contribution in [0, 0.1) is 0 Å². The van der Waals surface area contributed by atoms with Crippen molar-refractivity contribution in [3.8, 4) is 5.75 Å². The highest BCUT2D eigenvalue weighted by atomic mass is 79.9. The van der Waals surface area contributed by atoms with Crippen LogP contribution >= 0.6 is 27.3 Å². The monoisotopic (exact) mass is 325 g/mol. The summed E-state index contributed by atoms with van der Waals surface area (Å²) in [6, 6.07) is 10.4. The molecule has 0 spiro atoms. The van der Waals surface area contributed by atoms with Gasteiger partial charge < -0.3 is 10.1 Å². The molecule has 1 aromatic carbocycles. The van der Waals surface area contributed by atoms with E-state index < -0.39 is 0 Å². The molecule has 0 amide bonds. The first-order valence-electron chi connectivity index (χ1n) is 5.88. The highest BCUT2D eigenvalue weighted by molar-refractivity contribution is 9.10. The number of halogens is 1. The number of benzene rings is 1. The Morgan fingerprint density at radius 3 is 2.89 bits per heavy atom. The highest BCUT2D eigenvalue weighted by Crippen LogP contribution is 2.26. The van der Waals surface area contributed by atoms with Crippen LogP contribution in [0.2, 0.25) is 0 Å². The van der Waals surface area contributed by atoms with Crippen LogP contribution in [0.15, 0.2) is 40.2 Å². The molecule has 1 aromatic heterocycles. The van der Waals surface area contributed by atoms with Gasteiger partial charge >= 0.3 is 0 Å². The van der Waals surface area contributed by atoms with Gasteiger partial charge in [0.25, 0.3) is 0 Å². The molecule has 1 heterocycles. The molecular formula is C14H16BrNOS. The van der Waals surface area contributed by atoms with E-state index in [0.717, 1.165) is 23.2 Å². The predicted octanol–water partition coefficient (Wildman–Crippen LogP) is 3.85. The minimum Gasteiger partial charge on any atom is -0.492 e. The number of hydrogen-bond acceptors (Lipinski definition) is 3. The third-order valence-electron chi connectivity index (χ3n) is 2.56. The van der Waals surface area contributed by atoms with Crippen LogP contribution in [0.4, 0.5) is 0 Å². The maximum absolute atomic E-state index is 5.78. The molecule has 96 valence electrons. The van der Waals surface area contributed by atoms with Crippen molar-refractivity contribution in [3.63, 3.8) is 0 Å². The smallest absolute Gasteiger partial charge is 0.133 e. The third-order valence-corrected chi connectivity index (χ3v) is 4.12. The third kappa shape index (κ3) is 3.83. The number of nitrogens with one attached hydrogen (secondary N) is 1. The Hall–Kier alpha value is -0.840. The fourth-order valence-corrected chi connectivity index (χ4v) is 2.92. The van der Waals surface area contributed by atoms with Gasteiger partial charge in [0, 0.05) is 17.8 Å². The molecular weight excluding hydrogens is 310 g/mol. The van der Waals surface area contributed by atoms with Crippen molar-refractivity contribution in [2.24, 2.45) is 0 Å². The van der Waals surface area contributed by atoms with Crippen LogP contribution in [0.5, 0.6) is 5.75 Å². The summed E-state index contributed by atoms with van der Waals surface area (Å²) in [5.74, 6) is 0.909. The zero-order valence-corrected chi connectivity index (χ0v) is 12.7. The Balaban J connectivity index is 1.89. The summed E-state index contributed by atoms with van der Waals surface area (Å²) in [6.07, 6.45) is 0.961. The van der Waals surface area contributed by atoms with E-state index in [0.29, 0.717) is 6.61 Å². The van der Waals surface area contributed by atoms with Gasteiger partial charge in [0.15, 0.2) is 0 Å². The number of hydrogen-bond donors (Lipinski definition) is 1. The van der Waals surface area contributed by atoms with E-state index >= 15 is 0 Å². The van der Waals surface area contributed by atoms with Gasteiger partial charge in [-0.2, -0.15) is 0 Å². The topological polar surface area (TPSA) is 21.3 Å². The van der Waals surface area contributed by atoms with Crippen molar-refractivity contribution in [2.75, 3.05) is 13.7 Å². The summed E-state index contributed by atoms with van der Waals surface area (Å²) >= 11 is 5.32. The van der Waals surface area contributed by atoms with Crippen molar-refractivity contribution in [1.82, 2.24) is 5.32 Å². The van der Waals surface area contributed by atoms with Crippen LogP contribution in [0.25, 0.3) is 0 Å². The van der Waals surface area contributed by atoms with E-state index in [2.05, 4.69) is 50.9 Å². The van der Waals surface area contributed by atoms with E-state index in [1.165, 1.54) is 10.4 Å². The highest BCUT2D eigenvalue weighted by Gasteiger charge is 2.03. The second kappa shape index (κ2) is 6.92. The molecule has 0 aliphatic heterocycles. The number of ether oxygens (including phenoxy) is 1. The standard InChI is InChI=1S/C14H16BrNOS/c1-16-10-11-4-5-14(13(15)9-11)17-7-6-12-3-2-8-18-12/h2-5,8-9,16H,6-7,10H2,1H3. The van der Waals surface area contributed by atoms with E-state index in [9.17, 15) is 0 Å². The fourth-order valence-electron chi connectivity index (χ4n) is 1.69. The molecule has 0 atom stereocenters. The summed E-state index contributed by atoms with van der Waals surface area (Å²) in [7, 11) is 1.94. The molecule has 0 saturated heterocycles. The molecule has 4 heteroatoms. The lowest BCUT2D eigenvalue weighted by Gasteiger charge is -2.09. The maximum Gasteiger partial charge on any atom is 0.133 e. The van der Waals surface area contributed by atoms with Crippen LogP contribution < -0.4 is 10.1 Å². The van der Waals surface area contributed by atoms with Crippen LogP contribution in [0.1, 0.15) is 10.4 Å². The van der Waals surface area contributed by atoms with Gasteiger partial charge in [-0.05, 0) is 52.1 Å². The van der Waals surface area contributed by atoms with Gasteiger partial charge in [-0.15, -0.1) is 11.3 Å². The van der Waals surface area contributed by atoms with Gasteiger partial charge in [-0.25, -0.2) is 0 Å². The zero-order valence-electron chi connectivity index (χ0n) is 10.3. The summed E-state index contributed by atoms with van der Waals surface area (Å²) in [5, 5.41) is 5.23. The van der Waals surface area contributed by atoms with Gasteiger partial charge in [-0.1, -0.05) is 12.1 Å². The molecule has 0 fully saturated rings. The van der Waals surface area contributed by atoms with Crippen LogP contribution in [-0.4, -0.2) is 13.7 Å². The maximum atomic E-state index is 5.78. The van der Waals surface area contributed by atoms with E-state index in [1.54, 1.807) is 11.3 Å². The Kier molecular flexibility index (Phi) is 5.23. The Bertz CT molecular complexity index is 485. The number of rotatable bonds is 6. The van der Waals surface area contributed by atoms with Crippen molar-refractivity contribution < 1.29 is 4.74 Å². The average molecular weight is 326 g/mol. The normalized spacial score (nSPS) is 10.6. The Morgan fingerprint density at radius 2 is 2.22 bits per heavy atom. The summed E-state index contributed by atoms with van der Waals surface area (Å²) in [5.41, 5.74) is 1.25. The average Bonchev–Trinajstić information content (AvgIpc) is 2.85. The first-order valence-corrected chi connectivity index (χ1v) is 7.55. The van der Waals surface area contributed by atoms with Gasteiger partial charge in [0.05, 0.1) is 11.1 Å². The van der Waals surface area contributed by atoms with Crippen molar-refractivity contribution in [1.29, 1.82) is 0 Å². The Labute approximate surface area is 120 Å². The zero-order chi connectivity index (χ0) is 12.8. The van der Waals surface area contributed by atoms with E-state index in [-0.39, 0.29) is 0 Å². The molecule has 2 nitrogen and oxygen atoms in total. The van der Waals surface area contributed by atoms with Crippen molar-refractivity contribution >= 4 is 27.3 Å². The molecule has 0 radical (unpaired) electrons. The minimum atomic E-state index is 0.713. The van der Waals surface area contributed by atoms with Gasteiger partial charge in [0.1, 0.15) is 5.75 Å². The molecule has 0 aliphatic carbocycles. The Morgan fingerprint density at radius 1 is 1.33 bits per heavy atom. The van der Waals surface area contributed by atoms with Gasteiger partial charge in [-0.3, -0.25) is 0 Å². The molecule has 0 aliphatic rings. The first-order chi connectivity index (χ1) is 8.79. The SMILES string of the molecule is CNCc1ccc(OCCc2cccs2)c(Br)c1. The molecule has 2 rings (SSSR count). The largest absolute Gasteiger partial charge is 0.492 e. The van der Waals surface area contributed by atoms with Crippen LogP contribution in [0.3, 0.4) is 0 Å². The quantitative estimate of drug-likeness (QED) is 0.871. The lowest BCUT2D eigenvalue weighted by molar-refractivity contribution is 0.321. The van der Waals surface area contributed by atoms with Crippen molar-refractivity contribution in [2.45, 2.75) is 13.0 Å². The number of thiophene rings is 1. The molecule has 0 unspecified atom stereocenters. The molecule has 18 heavy (non-hydrogen) atoms.